The SMILES string of the molecule is CNc1cccc(-c2ccc(SC)cc2)c1. The van der Waals surface area contributed by atoms with E-state index in [4.69, 9.17) is 0 Å². The third kappa shape index (κ3) is 2.39. The molecule has 1 N–H and O–H groups in total. The van der Waals surface area contributed by atoms with Crippen LogP contribution in [0, 0.1) is 0 Å². The molecule has 16 heavy (non-hydrogen) atoms. The molecule has 2 heteroatoms. The molecule has 2 rings (SSSR count). The Balaban J connectivity index is 2.34. The molecule has 0 fully saturated rings. The van der Waals surface area contributed by atoms with E-state index in [0.717, 1.165) is 5.69 Å². The second kappa shape index (κ2) is 5.08. The van der Waals surface area contributed by atoms with Crippen LogP contribution >= 0.6 is 11.8 Å². The standard InChI is InChI=1S/C14H15NS/c1-15-13-5-3-4-12(10-13)11-6-8-14(16-2)9-7-11/h3-10,15H,1-2H3. The normalized spacial score (nSPS) is 10.1. The van der Waals surface area contributed by atoms with Crippen LogP contribution in [0.25, 0.3) is 11.1 Å². The van der Waals surface area contributed by atoms with Gasteiger partial charge in [0, 0.05) is 17.6 Å². The highest BCUT2D eigenvalue weighted by Gasteiger charge is 1.98. The molecule has 0 saturated heterocycles. The van der Waals surface area contributed by atoms with Gasteiger partial charge < -0.3 is 5.32 Å². The van der Waals surface area contributed by atoms with E-state index in [1.165, 1.54) is 16.0 Å². The van der Waals surface area contributed by atoms with Crippen LogP contribution in [0.4, 0.5) is 5.69 Å². The summed E-state index contributed by atoms with van der Waals surface area (Å²) in [6.07, 6.45) is 2.09. The lowest BCUT2D eigenvalue weighted by molar-refractivity contribution is 1.45. The summed E-state index contributed by atoms with van der Waals surface area (Å²) < 4.78 is 0. The van der Waals surface area contributed by atoms with Crippen molar-refractivity contribution in [2.75, 3.05) is 18.6 Å². The summed E-state index contributed by atoms with van der Waals surface area (Å²) in [6, 6.07) is 17.1. The molecule has 0 bridgehead atoms. The molecular weight excluding hydrogens is 214 g/mol. The molecule has 2 aromatic carbocycles. The molecule has 0 aliphatic heterocycles. The molecule has 0 atom stereocenters. The lowest BCUT2D eigenvalue weighted by atomic mass is 10.1. The van der Waals surface area contributed by atoms with E-state index in [2.05, 4.69) is 60.1 Å². The first kappa shape index (κ1) is 11.1. The monoisotopic (exact) mass is 229 g/mol. The van der Waals surface area contributed by atoms with Gasteiger partial charge in [-0.1, -0.05) is 24.3 Å². The Bertz CT molecular complexity index is 462. The zero-order valence-electron chi connectivity index (χ0n) is 9.53. The third-order valence-electron chi connectivity index (χ3n) is 2.57. The van der Waals surface area contributed by atoms with Gasteiger partial charge in [-0.05, 0) is 41.6 Å². The summed E-state index contributed by atoms with van der Waals surface area (Å²) in [4.78, 5) is 1.30. The average Bonchev–Trinajstić information content (AvgIpc) is 2.39. The van der Waals surface area contributed by atoms with E-state index < -0.39 is 0 Å². The van der Waals surface area contributed by atoms with Gasteiger partial charge in [0.15, 0.2) is 0 Å². The predicted octanol–water partition coefficient (Wildman–Crippen LogP) is 4.12. The number of benzene rings is 2. The summed E-state index contributed by atoms with van der Waals surface area (Å²) in [5, 5.41) is 3.16. The predicted molar refractivity (Wildman–Crippen MR) is 73.2 cm³/mol. The Kier molecular flexibility index (Phi) is 3.52. The minimum atomic E-state index is 1.14. The molecule has 0 saturated carbocycles. The fourth-order valence-corrected chi connectivity index (χ4v) is 2.05. The van der Waals surface area contributed by atoms with Crippen molar-refractivity contribution >= 4 is 17.4 Å². The van der Waals surface area contributed by atoms with Gasteiger partial charge in [0.2, 0.25) is 0 Å². The number of thioether (sulfide) groups is 1. The van der Waals surface area contributed by atoms with Gasteiger partial charge in [0.05, 0.1) is 0 Å². The topological polar surface area (TPSA) is 12.0 Å². The van der Waals surface area contributed by atoms with Crippen molar-refractivity contribution in [3.05, 3.63) is 48.5 Å². The van der Waals surface area contributed by atoms with Gasteiger partial charge >= 0.3 is 0 Å². The van der Waals surface area contributed by atoms with Crippen molar-refractivity contribution in [2.24, 2.45) is 0 Å². The molecular formula is C14H15NS. The number of hydrogen-bond acceptors (Lipinski definition) is 2. The molecule has 0 aliphatic rings. The van der Waals surface area contributed by atoms with Crippen molar-refractivity contribution in [1.29, 1.82) is 0 Å². The Hall–Kier alpha value is -1.41. The lowest BCUT2D eigenvalue weighted by Crippen LogP contribution is -1.87. The van der Waals surface area contributed by atoms with E-state index in [1.807, 2.05) is 7.05 Å². The van der Waals surface area contributed by atoms with Crippen molar-refractivity contribution in [3.63, 3.8) is 0 Å². The smallest absolute Gasteiger partial charge is 0.0343 e. The molecule has 2 aromatic rings. The number of hydrogen-bond donors (Lipinski definition) is 1. The minimum Gasteiger partial charge on any atom is -0.388 e. The quantitative estimate of drug-likeness (QED) is 0.795. The van der Waals surface area contributed by atoms with Crippen LogP contribution in [0.1, 0.15) is 0 Å². The van der Waals surface area contributed by atoms with Crippen LogP contribution in [0.15, 0.2) is 53.4 Å². The summed E-state index contributed by atoms with van der Waals surface area (Å²) in [5.41, 5.74) is 3.65. The van der Waals surface area contributed by atoms with Gasteiger partial charge in [0.25, 0.3) is 0 Å². The Morgan fingerprint density at radius 3 is 2.31 bits per heavy atom. The van der Waals surface area contributed by atoms with Crippen molar-refractivity contribution in [2.45, 2.75) is 4.90 Å². The van der Waals surface area contributed by atoms with Gasteiger partial charge in [-0.15, -0.1) is 11.8 Å². The Morgan fingerprint density at radius 2 is 1.69 bits per heavy atom. The maximum Gasteiger partial charge on any atom is 0.0343 e. The van der Waals surface area contributed by atoms with Crippen LogP contribution in [-0.2, 0) is 0 Å². The van der Waals surface area contributed by atoms with E-state index in [-0.39, 0.29) is 0 Å². The molecule has 0 aliphatic carbocycles. The molecule has 82 valence electrons. The lowest BCUT2D eigenvalue weighted by Gasteiger charge is -2.05. The first-order valence-corrected chi connectivity index (χ1v) is 6.48. The molecule has 1 nitrogen and oxygen atoms in total. The molecule has 0 aromatic heterocycles. The van der Waals surface area contributed by atoms with E-state index in [1.54, 1.807) is 11.8 Å². The summed E-state index contributed by atoms with van der Waals surface area (Å²) in [6.45, 7) is 0. The largest absolute Gasteiger partial charge is 0.388 e. The first-order chi connectivity index (χ1) is 7.83. The summed E-state index contributed by atoms with van der Waals surface area (Å²) in [7, 11) is 1.94. The van der Waals surface area contributed by atoms with E-state index in [9.17, 15) is 0 Å². The maximum absolute atomic E-state index is 3.16. The summed E-state index contributed by atoms with van der Waals surface area (Å²) >= 11 is 1.77. The Morgan fingerprint density at radius 1 is 0.938 bits per heavy atom. The van der Waals surface area contributed by atoms with Gasteiger partial charge in [0.1, 0.15) is 0 Å². The highest BCUT2D eigenvalue weighted by atomic mass is 32.2. The van der Waals surface area contributed by atoms with Crippen LogP contribution in [0.5, 0.6) is 0 Å². The second-order valence-corrected chi connectivity index (χ2v) is 4.44. The minimum absolute atomic E-state index is 1.14. The Labute approximate surface area is 101 Å². The van der Waals surface area contributed by atoms with Crippen LogP contribution in [0.2, 0.25) is 0 Å². The highest BCUT2D eigenvalue weighted by molar-refractivity contribution is 7.98. The summed E-state index contributed by atoms with van der Waals surface area (Å²) in [5.74, 6) is 0. The number of rotatable bonds is 3. The van der Waals surface area contributed by atoms with Crippen molar-refractivity contribution in [3.8, 4) is 11.1 Å². The van der Waals surface area contributed by atoms with Gasteiger partial charge in [-0.2, -0.15) is 0 Å². The van der Waals surface area contributed by atoms with E-state index >= 15 is 0 Å². The van der Waals surface area contributed by atoms with Crippen LogP contribution < -0.4 is 5.32 Å². The third-order valence-corrected chi connectivity index (χ3v) is 3.32. The number of anilines is 1. The number of nitrogens with one attached hydrogen (secondary N) is 1. The fraction of sp³-hybridized carbons (Fsp3) is 0.143. The molecule has 0 unspecified atom stereocenters. The maximum atomic E-state index is 3.16. The molecule has 0 amide bonds. The molecule has 0 radical (unpaired) electrons. The van der Waals surface area contributed by atoms with Gasteiger partial charge in [-0.25, -0.2) is 0 Å². The van der Waals surface area contributed by atoms with Crippen LogP contribution in [-0.4, -0.2) is 13.3 Å². The molecule has 0 spiro atoms. The average molecular weight is 229 g/mol. The fourth-order valence-electron chi connectivity index (χ4n) is 1.64. The zero-order valence-corrected chi connectivity index (χ0v) is 10.3. The first-order valence-electron chi connectivity index (χ1n) is 5.26. The highest BCUT2D eigenvalue weighted by Crippen LogP contribution is 2.24. The van der Waals surface area contributed by atoms with Gasteiger partial charge in [-0.3, -0.25) is 0 Å². The zero-order chi connectivity index (χ0) is 11.4. The van der Waals surface area contributed by atoms with E-state index in [0.29, 0.717) is 0 Å². The van der Waals surface area contributed by atoms with Crippen molar-refractivity contribution in [1.82, 2.24) is 0 Å². The second-order valence-electron chi connectivity index (χ2n) is 3.56. The van der Waals surface area contributed by atoms with Crippen molar-refractivity contribution < 1.29 is 0 Å². The van der Waals surface area contributed by atoms with Crippen LogP contribution in [0.3, 0.4) is 0 Å². The molecule has 0 heterocycles.